The average Bonchev–Trinajstić information content (AvgIpc) is 1.12. The van der Waals surface area contributed by atoms with Crippen molar-refractivity contribution in [1.82, 2.24) is 0 Å². The minimum Gasteiger partial charge on any atom is -0.759 e. The van der Waals surface area contributed by atoms with Gasteiger partial charge in [0.05, 0.1) is 0 Å². The molecule has 0 atom stereocenters. The number of hydrogen-bond acceptors (Lipinski definition) is 8. The van der Waals surface area contributed by atoms with Gasteiger partial charge in [-0.05, 0) is 0 Å². The van der Waals surface area contributed by atoms with E-state index in [-0.39, 0.29) is 62.4 Å². The first kappa shape index (κ1) is 23.5. The largest absolute Gasteiger partial charge is 2.00 e. The van der Waals surface area contributed by atoms with Gasteiger partial charge in [-0.3, -0.25) is 16.8 Å². The zero-order chi connectivity index (χ0) is 9.00. The summed E-state index contributed by atoms with van der Waals surface area (Å²) in [6.45, 7) is 0. The topological polar surface area (TPSA) is 161 Å². The summed E-state index contributed by atoms with van der Waals surface area (Å²) < 4.78 is 68.2. The summed E-state index contributed by atoms with van der Waals surface area (Å²) in [6, 6.07) is 0. The van der Waals surface area contributed by atoms with Crippen LogP contribution >= 0.6 is 0 Å². The fourth-order valence-corrected chi connectivity index (χ4v) is 0. The molecular formula is BaO8S3. The van der Waals surface area contributed by atoms with Gasteiger partial charge in [0, 0.05) is 20.8 Å². The first-order chi connectivity index (χ1) is 4.00. The summed E-state index contributed by atoms with van der Waals surface area (Å²) in [6.07, 6.45) is 0. The van der Waals surface area contributed by atoms with Crippen LogP contribution < -0.4 is 0 Å². The third-order valence-electron chi connectivity index (χ3n) is 0. The molecule has 0 aromatic carbocycles. The summed E-state index contributed by atoms with van der Waals surface area (Å²) in [5.41, 5.74) is 0. The molecule has 12 heteroatoms. The van der Waals surface area contributed by atoms with Crippen molar-refractivity contribution in [2.75, 3.05) is 0 Å². The summed E-state index contributed by atoms with van der Waals surface area (Å²) in [7, 11) is -10.3. The van der Waals surface area contributed by atoms with Crippen molar-refractivity contribution in [2.24, 2.45) is 0 Å². The molecule has 0 fully saturated rings. The van der Waals surface area contributed by atoms with Crippen molar-refractivity contribution in [2.45, 2.75) is 0 Å². The average molecular weight is 362 g/mol. The van der Waals surface area contributed by atoms with Crippen molar-refractivity contribution in [1.29, 1.82) is 0 Å². The van der Waals surface area contributed by atoms with E-state index in [1.54, 1.807) is 0 Å². The van der Waals surface area contributed by atoms with E-state index >= 15 is 0 Å². The second-order valence-electron chi connectivity index (χ2n) is 0.816. The van der Waals surface area contributed by atoms with Crippen LogP contribution in [0.3, 0.4) is 0 Å². The molecule has 0 aliphatic carbocycles. The maximum absolute atomic E-state index is 8.52. The Labute approximate surface area is 116 Å². The van der Waals surface area contributed by atoms with Crippen molar-refractivity contribution < 1.29 is 35.0 Å². The standard InChI is InChI=1S/Ba.2H2O4S.S/c;2*1-5(2,3)4;/h;2*(H2,1,2,3,4);/q+2;;;+2/p-4. The van der Waals surface area contributed by atoms with Gasteiger partial charge in [-0.25, -0.2) is 0 Å². The van der Waals surface area contributed by atoms with E-state index in [9.17, 15) is 0 Å². The van der Waals surface area contributed by atoms with Crippen LogP contribution in [0.2, 0.25) is 0 Å². The number of rotatable bonds is 0. The molecule has 0 spiro atoms. The SMILES string of the molecule is O=S(=O)([O-])[O-].O=S(=O)([O-])[O-].[Ba+2].[S+2]. The third-order valence-corrected chi connectivity index (χ3v) is 0. The minimum atomic E-state index is -5.17. The van der Waals surface area contributed by atoms with Crippen LogP contribution in [0.25, 0.3) is 0 Å². The van der Waals surface area contributed by atoms with Crippen molar-refractivity contribution in [3.8, 4) is 0 Å². The Balaban J connectivity index is -0.0000000457. The molecule has 0 aliphatic rings. The summed E-state index contributed by atoms with van der Waals surface area (Å²) in [5.74, 6) is 0. The molecule has 8 nitrogen and oxygen atoms in total. The minimum absolute atomic E-state index is 0. The predicted octanol–water partition coefficient (Wildman–Crippen LogP) is -3.06. The zero-order valence-corrected chi connectivity index (χ0v) is 12.1. The maximum Gasteiger partial charge on any atom is 2.00 e. The van der Waals surface area contributed by atoms with E-state index in [1.807, 2.05) is 0 Å². The molecule has 0 aromatic heterocycles. The van der Waals surface area contributed by atoms with Gasteiger partial charge in [-0.2, -0.15) is 0 Å². The van der Waals surface area contributed by atoms with E-state index in [4.69, 9.17) is 35.0 Å². The van der Waals surface area contributed by atoms with Gasteiger partial charge in [0.1, 0.15) is 0 Å². The van der Waals surface area contributed by atoms with E-state index < -0.39 is 20.8 Å². The Morgan fingerprint density at radius 1 is 0.667 bits per heavy atom. The molecule has 0 N–H and O–H groups in total. The van der Waals surface area contributed by atoms with E-state index in [1.165, 1.54) is 0 Å². The first-order valence-electron chi connectivity index (χ1n) is 1.33. The van der Waals surface area contributed by atoms with Crippen LogP contribution in [0.5, 0.6) is 0 Å². The Bertz CT molecular complexity index is 211. The van der Waals surface area contributed by atoms with Gasteiger partial charge >= 0.3 is 62.4 Å². The molecule has 68 valence electrons. The Kier molecular flexibility index (Phi) is 18.0. The molecule has 4 radical (unpaired) electrons. The van der Waals surface area contributed by atoms with Gasteiger partial charge in [0.15, 0.2) is 0 Å². The summed E-state index contributed by atoms with van der Waals surface area (Å²) in [5, 5.41) is 0. The smallest absolute Gasteiger partial charge is 0.759 e. The maximum atomic E-state index is 8.52. The monoisotopic (exact) mass is 362 g/mol. The molecule has 12 heavy (non-hydrogen) atoms. The van der Waals surface area contributed by atoms with E-state index in [0.717, 1.165) is 0 Å². The molecule has 0 unspecified atom stereocenters. The normalized spacial score (nSPS) is 9.67. The zero-order valence-electron chi connectivity index (χ0n) is 5.20. The van der Waals surface area contributed by atoms with Gasteiger partial charge < -0.3 is 18.2 Å². The van der Waals surface area contributed by atoms with E-state index in [0.29, 0.717) is 0 Å². The van der Waals surface area contributed by atoms with Crippen LogP contribution in [0.4, 0.5) is 0 Å². The van der Waals surface area contributed by atoms with Crippen LogP contribution in [0.15, 0.2) is 0 Å². The van der Waals surface area contributed by atoms with Crippen molar-refractivity contribution in [3.63, 3.8) is 0 Å². The van der Waals surface area contributed by atoms with Crippen molar-refractivity contribution in [3.05, 3.63) is 0 Å². The molecule has 0 amide bonds. The van der Waals surface area contributed by atoms with Crippen LogP contribution in [-0.4, -0.2) is 83.9 Å². The Morgan fingerprint density at radius 2 is 0.667 bits per heavy atom. The fraction of sp³-hybridized carbons (Fsp3) is 0. The Morgan fingerprint density at radius 3 is 0.667 bits per heavy atom. The molecule has 0 aromatic rings. The molecule has 0 heterocycles. The predicted molar refractivity (Wildman–Crippen MR) is 34.1 cm³/mol. The molecular weight excluding hydrogens is 362 g/mol. The fourth-order valence-electron chi connectivity index (χ4n) is 0. The van der Waals surface area contributed by atoms with Crippen LogP contribution in [-0.2, 0) is 34.3 Å². The van der Waals surface area contributed by atoms with Crippen LogP contribution in [0, 0.1) is 0 Å². The van der Waals surface area contributed by atoms with Gasteiger partial charge in [-0.15, -0.1) is 0 Å². The van der Waals surface area contributed by atoms with E-state index in [2.05, 4.69) is 0 Å². The van der Waals surface area contributed by atoms with Crippen LogP contribution in [0.1, 0.15) is 0 Å². The van der Waals surface area contributed by atoms with Gasteiger partial charge in [0.25, 0.3) is 0 Å². The molecule has 0 bridgehead atoms. The first-order valence-corrected chi connectivity index (χ1v) is 4.00. The Hall–Kier alpha value is 1.66. The molecule has 0 saturated carbocycles. The summed E-state index contributed by atoms with van der Waals surface area (Å²) >= 11 is 0. The number of hydrogen-bond donors (Lipinski definition) is 0. The molecule has 0 saturated heterocycles. The third kappa shape index (κ3) is 480. The summed E-state index contributed by atoms with van der Waals surface area (Å²) in [4.78, 5) is 0. The van der Waals surface area contributed by atoms with Crippen molar-refractivity contribution >= 4 is 83.2 Å². The quantitative estimate of drug-likeness (QED) is 0.249. The second kappa shape index (κ2) is 9.23. The second-order valence-corrected chi connectivity index (χ2v) is 2.45. The molecule has 0 aliphatic heterocycles. The van der Waals surface area contributed by atoms with Gasteiger partial charge in [-0.1, -0.05) is 0 Å². The van der Waals surface area contributed by atoms with Gasteiger partial charge in [0.2, 0.25) is 0 Å². The molecule has 0 rings (SSSR count).